The van der Waals surface area contributed by atoms with Crippen molar-refractivity contribution in [2.45, 2.75) is 174 Å². The van der Waals surface area contributed by atoms with Crippen molar-refractivity contribution in [3.63, 3.8) is 0 Å². The highest BCUT2D eigenvalue weighted by molar-refractivity contribution is 5.70. The van der Waals surface area contributed by atoms with E-state index < -0.39 is 18.1 Å². The molecule has 0 amide bonds. The van der Waals surface area contributed by atoms with Gasteiger partial charge in [-0.3, -0.25) is 9.59 Å². The quantitative estimate of drug-likeness (QED) is 0.0262. The van der Waals surface area contributed by atoms with E-state index >= 15 is 0 Å². The molecule has 2 atom stereocenters. The van der Waals surface area contributed by atoms with E-state index in [4.69, 9.17) is 14.2 Å². The van der Waals surface area contributed by atoms with E-state index in [1.54, 1.807) is 21.1 Å². The van der Waals surface area contributed by atoms with E-state index in [9.17, 15) is 19.5 Å². The molecule has 0 aliphatic rings. The number of esters is 2. The summed E-state index contributed by atoms with van der Waals surface area (Å²) in [6.45, 7) is 4.37. The third-order valence-electron chi connectivity index (χ3n) is 9.72. The summed E-state index contributed by atoms with van der Waals surface area (Å²) in [5.41, 5.74) is 0. The van der Waals surface area contributed by atoms with Gasteiger partial charge in [-0.05, 0) is 89.9 Å². The molecule has 0 fully saturated rings. The second kappa shape index (κ2) is 42.0. The Balaban J connectivity index is 4.40. The maximum Gasteiger partial charge on any atom is 0.306 e. The van der Waals surface area contributed by atoms with Gasteiger partial charge in [0.25, 0.3) is 0 Å². The van der Waals surface area contributed by atoms with Crippen LogP contribution in [0.5, 0.6) is 0 Å². The second-order valence-corrected chi connectivity index (χ2v) is 16.2. The Hall–Kier alpha value is -3.75. The molecule has 0 rings (SSSR count). The highest BCUT2D eigenvalue weighted by Gasteiger charge is 2.25. The number of quaternary nitrogens is 1. The van der Waals surface area contributed by atoms with Gasteiger partial charge in [-0.1, -0.05) is 150 Å². The van der Waals surface area contributed by atoms with Crippen LogP contribution in [0, 0.1) is 0 Å². The van der Waals surface area contributed by atoms with Crippen LogP contribution >= 0.6 is 0 Å². The highest BCUT2D eigenvalue weighted by Crippen LogP contribution is 2.13. The van der Waals surface area contributed by atoms with Crippen molar-refractivity contribution in [3.8, 4) is 0 Å². The number of ether oxygens (including phenoxy) is 3. The van der Waals surface area contributed by atoms with Gasteiger partial charge in [0.2, 0.25) is 0 Å². The van der Waals surface area contributed by atoms with Crippen molar-refractivity contribution in [2.75, 3.05) is 41.0 Å². The van der Waals surface area contributed by atoms with E-state index in [-0.39, 0.29) is 42.7 Å². The topological polar surface area (TPSA) is 102 Å². The van der Waals surface area contributed by atoms with E-state index in [0.29, 0.717) is 12.8 Å². The van der Waals surface area contributed by atoms with Crippen molar-refractivity contribution in [1.82, 2.24) is 0 Å². The molecular weight excluding hydrogens is 751 g/mol. The van der Waals surface area contributed by atoms with Crippen LogP contribution < -0.4 is 5.11 Å². The van der Waals surface area contributed by atoms with Crippen LogP contribution in [0.1, 0.15) is 162 Å². The largest absolute Gasteiger partial charge is 0.544 e. The van der Waals surface area contributed by atoms with Gasteiger partial charge in [0.1, 0.15) is 12.6 Å². The molecule has 0 saturated carbocycles. The first-order chi connectivity index (χ1) is 29.1. The maximum atomic E-state index is 12.8. The summed E-state index contributed by atoms with van der Waals surface area (Å²) in [7, 11) is 5.38. The fourth-order valence-corrected chi connectivity index (χ4v) is 6.17. The van der Waals surface area contributed by atoms with Crippen LogP contribution in [0.15, 0.2) is 97.2 Å². The fourth-order valence-electron chi connectivity index (χ4n) is 6.17. The third kappa shape index (κ3) is 39.7. The van der Waals surface area contributed by atoms with Gasteiger partial charge in [0, 0.05) is 19.3 Å². The Morgan fingerprint density at radius 1 is 0.500 bits per heavy atom. The lowest BCUT2D eigenvalue weighted by atomic mass is 10.1. The summed E-state index contributed by atoms with van der Waals surface area (Å²) < 4.78 is 17.1. The van der Waals surface area contributed by atoms with Crippen molar-refractivity contribution in [1.29, 1.82) is 0 Å². The summed E-state index contributed by atoms with van der Waals surface area (Å²) in [4.78, 5) is 36.9. The Morgan fingerprint density at radius 2 is 0.883 bits per heavy atom. The number of likely N-dealkylation sites (N-methyl/N-ethyl adjacent to an activating group) is 1. The van der Waals surface area contributed by atoms with Crippen molar-refractivity contribution in [3.05, 3.63) is 97.2 Å². The number of carboxylic acid groups (broad SMARTS) is 1. The van der Waals surface area contributed by atoms with Gasteiger partial charge in [-0.25, -0.2) is 0 Å². The van der Waals surface area contributed by atoms with Crippen LogP contribution in [0.3, 0.4) is 0 Å². The fraction of sp³-hybridized carbons (Fsp3) is 0.635. The van der Waals surface area contributed by atoms with Crippen LogP contribution in [0.2, 0.25) is 0 Å². The number of unbranched alkanes of at least 4 members (excludes halogenated alkanes) is 10. The predicted octanol–water partition coefficient (Wildman–Crippen LogP) is 11.7. The molecule has 8 heteroatoms. The van der Waals surface area contributed by atoms with Crippen LogP contribution in [-0.4, -0.2) is 75.5 Å². The van der Waals surface area contributed by atoms with Gasteiger partial charge < -0.3 is 28.6 Å². The van der Waals surface area contributed by atoms with Crippen LogP contribution in [0.25, 0.3) is 0 Å². The highest BCUT2D eigenvalue weighted by atomic mass is 16.6. The molecule has 0 bridgehead atoms. The zero-order chi connectivity index (χ0) is 44.2. The SMILES string of the molecule is CC/C=C/C/C=C/C/C=C/C/C=C/CCCCCCCCCC(=O)OC(COCCC(C(=O)[O-])[N+](C)(C)C)COC(=O)CCCCC/C=C/C/C=C/C/C=C/C/C=C/CC. The minimum atomic E-state index is -1.14. The van der Waals surface area contributed by atoms with Crippen molar-refractivity contribution < 1.29 is 38.2 Å². The molecule has 0 aliphatic carbocycles. The third-order valence-corrected chi connectivity index (χ3v) is 9.72. The Bertz CT molecular complexity index is 1300. The molecule has 0 heterocycles. The summed E-state index contributed by atoms with van der Waals surface area (Å²) in [5.74, 6) is -1.80. The number of allylic oxidation sites excluding steroid dienone is 16. The second-order valence-electron chi connectivity index (χ2n) is 16.2. The molecule has 60 heavy (non-hydrogen) atoms. The molecule has 0 spiro atoms. The Kier molecular flexibility index (Phi) is 39.3. The average molecular weight is 836 g/mol. The monoisotopic (exact) mass is 836 g/mol. The molecule has 0 aromatic rings. The van der Waals surface area contributed by atoms with E-state index in [0.717, 1.165) is 109 Å². The molecule has 340 valence electrons. The van der Waals surface area contributed by atoms with Gasteiger partial charge in [0.05, 0.1) is 40.3 Å². The summed E-state index contributed by atoms with van der Waals surface area (Å²) in [5, 5.41) is 11.6. The molecule has 0 aliphatic heterocycles. The molecule has 0 saturated heterocycles. The number of rotatable bonds is 40. The van der Waals surface area contributed by atoms with E-state index in [1.165, 1.54) is 19.3 Å². The van der Waals surface area contributed by atoms with E-state index in [2.05, 4.69) is 111 Å². The standard InChI is InChI=1S/C52H85NO7/c1-6-8-10-12-14-16-18-20-22-24-25-26-27-29-31-33-35-37-39-41-43-51(55)60-48(46-58-45-44-49(52(56)57)53(3,4)5)47-59-50(54)42-40-38-36-34-32-30-28-23-21-19-17-15-13-11-9-7-2/h8-11,14-17,20-23,25-26,30,32,48-49H,6-7,12-13,18-19,24,27-29,31,33-47H2,1-5H3/b10-8+,11-9+,16-14+,17-15+,22-20+,23-21+,26-25+,32-30+. The Morgan fingerprint density at radius 3 is 1.32 bits per heavy atom. The van der Waals surface area contributed by atoms with Gasteiger partial charge >= 0.3 is 11.9 Å². The summed E-state index contributed by atoms with van der Waals surface area (Å²) in [6.07, 6.45) is 55.7. The molecular formula is C52H85NO7. The lowest BCUT2D eigenvalue weighted by molar-refractivity contribution is -0.889. The van der Waals surface area contributed by atoms with Crippen LogP contribution in [0.4, 0.5) is 0 Å². The number of hydrogen-bond donors (Lipinski definition) is 0. The lowest BCUT2D eigenvalue weighted by Gasteiger charge is -2.34. The normalized spacial score (nSPS) is 13.8. The van der Waals surface area contributed by atoms with Crippen molar-refractivity contribution in [2.24, 2.45) is 0 Å². The minimum absolute atomic E-state index is 0.0196. The maximum absolute atomic E-state index is 12.8. The average Bonchev–Trinajstić information content (AvgIpc) is 3.21. The Labute approximate surface area is 366 Å². The van der Waals surface area contributed by atoms with E-state index in [1.807, 2.05) is 0 Å². The number of carbonyl (C=O) groups is 3. The minimum Gasteiger partial charge on any atom is -0.544 e. The van der Waals surface area contributed by atoms with Gasteiger partial charge in [0.15, 0.2) is 6.10 Å². The number of carbonyl (C=O) groups excluding carboxylic acids is 3. The van der Waals surface area contributed by atoms with Crippen LogP contribution in [-0.2, 0) is 28.6 Å². The zero-order valence-corrected chi connectivity index (χ0v) is 38.6. The molecule has 8 nitrogen and oxygen atoms in total. The molecule has 0 aromatic carbocycles. The molecule has 0 radical (unpaired) electrons. The number of nitrogens with zero attached hydrogens (tertiary/aromatic N) is 1. The molecule has 0 N–H and O–H groups in total. The first-order valence-electron chi connectivity index (χ1n) is 23.3. The summed E-state index contributed by atoms with van der Waals surface area (Å²) >= 11 is 0. The number of aliphatic carboxylic acids is 1. The predicted molar refractivity (Wildman–Crippen MR) is 249 cm³/mol. The van der Waals surface area contributed by atoms with Gasteiger partial charge in [-0.15, -0.1) is 0 Å². The first kappa shape index (κ1) is 56.2. The molecule has 0 aromatic heterocycles. The number of hydrogen-bond acceptors (Lipinski definition) is 7. The summed E-state index contributed by atoms with van der Waals surface area (Å²) in [6, 6.07) is -0.739. The van der Waals surface area contributed by atoms with Crippen molar-refractivity contribution >= 4 is 17.9 Å². The smallest absolute Gasteiger partial charge is 0.306 e. The number of carboxylic acids is 1. The lowest BCUT2D eigenvalue weighted by Crippen LogP contribution is -2.55. The zero-order valence-electron chi connectivity index (χ0n) is 38.6. The molecule has 2 unspecified atom stereocenters. The first-order valence-corrected chi connectivity index (χ1v) is 23.3. The van der Waals surface area contributed by atoms with Gasteiger partial charge in [-0.2, -0.15) is 0 Å².